The summed E-state index contributed by atoms with van der Waals surface area (Å²) in [7, 11) is 0. The molecule has 0 radical (unpaired) electrons. The normalized spacial score (nSPS) is 34.0. The van der Waals surface area contributed by atoms with Crippen LogP contribution in [0.1, 0.15) is 33.6 Å². The Labute approximate surface area is 170 Å². The van der Waals surface area contributed by atoms with E-state index in [9.17, 15) is 13.2 Å². The van der Waals surface area contributed by atoms with Gasteiger partial charge >= 0.3 is 6.18 Å². The Balaban J connectivity index is 0.00000243. The molecule has 2 heterocycles. The summed E-state index contributed by atoms with van der Waals surface area (Å²) in [5, 5.41) is 6.86. The molecule has 5 nitrogen and oxygen atoms in total. The first-order valence-electron chi connectivity index (χ1n) is 9.19. The summed E-state index contributed by atoms with van der Waals surface area (Å²) in [4.78, 5) is 5.96. The SMILES string of the molecule is CCN=C(NC1CCN(CC(F)(F)F)C1)NC1C2CCOC2C1(C)C.I. The molecule has 3 rings (SSSR count). The van der Waals surface area contributed by atoms with E-state index in [1.807, 2.05) is 6.92 Å². The lowest BCUT2D eigenvalue weighted by Gasteiger charge is -2.55. The number of halogens is 4. The lowest BCUT2D eigenvalue weighted by atomic mass is 9.57. The van der Waals surface area contributed by atoms with Gasteiger partial charge in [-0.1, -0.05) is 13.8 Å². The minimum atomic E-state index is -4.14. The van der Waals surface area contributed by atoms with Gasteiger partial charge in [-0.3, -0.25) is 9.89 Å². The van der Waals surface area contributed by atoms with Crippen LogP contribution in [0, 0.1) is 11.3 Å². The zero-order valence-electron chi connectivity index (χ0n) is 15.6. The average Bonchev–Trinajstić information content (AvgIpc) is 3.11. The minimum Gasteiger partial charge on any atom is -0.377 e. The van der Waals surface area contributed by atoms with Gasteiger partial charge in [-0.25, -0.2) is 0 Å². The van der Waals surface area contributed by atoms with Gasteiger partial charge < -0.3 is 15.4 Å². The number of rotatable bonds is 4. The van der Waals surface area contributed by atoms with Gasteiger partial charge in [0, 0.05) is 49.7 Å². The van der Waals surface area contributed by atoms with E-state index in [-0.39, 0.29) is 41.5 Å². The van der Waals surface area contributed by atoms with Gasteiger partial charge in [0.05, 0.1) is 12.6 Å². The van der Waals surface area contributed by atoms with E-state index in [2.05, 4.69) is 29.5 Å². The fourth-order valence-electron chi connectivity index (χ4n) is 4.60. The molecule has 4 atom stereocenters. The molecule has 1 aliphatic carbocycles. The second-order valence-electron chi connectivity index (χ2n) is 7.99. The van der Waals surface area contributed by atoms with Crippen LogP contribution in [0.5, 0.6) is 0 Å². The average molecular weight is 490 g/mol. The summed E-state index contributed by atoms with van der Waals surface area (Å²) in [5.41, 5.74) is 0.0371. The number of nitrogens with one attached hydrogen (secondary N) is 2. The molecule has 3 aliphatic rings. The largest absolute Gasteiger partial charge is 0.401 e. The lowest BCUT2D eigenvalue weighted by Crippen LogP contribution is -2.68. The van der Waals surface area contributed by atoms with Crippen LogP contribution >= 0.6 is 24.0 Å². The van der Waals surface area contributed by atoms with Crippen molar-refractivity contribution in [2.75, 3.05) is 32.8 Å². The molecule has 2 saturated heterocycles. The predicted octanol–water partition coefficient (Wildman–Crippen LogP) is 2.61. The highest BCUT2D eigenvalue weighted by molar-refractivity contribution is 14.0. The van der Waals surface area contributed by atoms with Gasteiger partial charge in [0.25, 0.3) is 0 Å². The third-order valence-electron chi connectivity index (χ3n) is 5.73. The predicted molar refractivity (Wildman–Crippen MR) is 106 cm³/mol. The van der Waals surface area contributed by atoms with Crippen molar-refractivity contribution in [3.05, 3.63) is 0 Å². The number of ether oxygens (including phenoxy) is 1. The van der Waals surface area contributed by atoms with Gasteiger partial charge in [-0.05, 0) is 19.8 Å². The maximum Gasteiger partial charge on any atom is 0.401 e. The van der Waals surface area contributed by atoms with Crippen LogP contribution in [-0.2, 0) is 4.74 Å². The number of hydrogen-bond acceptors (Lipinski definition) is 3. The van der Waals surface area contributed by atoms with E-state index < -0.39 is 12.7 Å². The van der Waals surface area contributed by atoms with Crippen molar-refractivity contribution in [1.82, 2.24) is 15.5 Å². The maximum absolute atomic E-state index is 12.5. The van der Waals surface area contributed by atoms with E-state index in [0.29, 0.717) is 44.0 Å². The summed E-state index contributed by atoms with van der Waals surface area (Å²) in [6, 6.07) is 0.282. The van der Waals surface area contributed by atoms with Crippen LogP contribution in [0.15, 0.2) is 4.99 Å². The molecule has 0 aromatic carbocycles. The lowest BCUT2D eigenvalue weighted by molar-refractivity contribution is -0.143. The van der Waals surface area contributed by atoms with Crippen LogP contribution in [0.3, 0.4) is 0 Å². The first-order valence-corrected chi connectivity index (χ1v) is 9.19. The van der Waals surface area contributed by atoms with Gasteiger partial charge in [0.15, 0.2) is 5.96 Å². The van der Waals surface area contributed by atoms with Crippen molar-refractivity contribution in [2.24, 2.45) is 16.3 Å². The Hall–Kier alpha value is -0.290. The molecule has 26 heavy (non-hydrogen) atoms. The molecular formula is C17H30F3IN4O. The van der Waals surface area contributed by atoms with E-state index >= 15 is 0 Å². The number of fused-ring (bicyclic) bond motifs is 1. The molecule has 3 fully saturated rings. The number of nitrogens with zero attached hydrogens (tertiary/aromatic N) is 2. The number of alkyl halides is 3. The third kappa shape index (κ3) is 4.76. The molecule has 0 aromatic heterocycles. The first-order chi connectivity index (χ1) is 11.7. The topological polar surface area (TPSA) is 48.9 Å². The molecule has 4 unspecified atom stereocenters. The zero-order valence-corrected chi connectivity index (χ0v) is 17.9. The van der Waals surface area contributed by atoms with E-state index in [1.165, 1.54) is 4.90 Å². The summed E-state index contributed by atoms with van der Waals surface area (Å²) >= 11 is 0. The number of aliphatic imine (C=N–C) groups is 1. The van der Waals surface area contributed by atoms with Crippen molar-refractivity contribution in [3.63, 3.8) is 0 Å². The Bertz CT molecular complexity index is 515. The zero-order chi connectivity index (χ0) is 18.2. The molecule has 0 amide bonds. The Kier molecular flexibility index (Phi) is 7.09. The summed E-state index contributed by atoms with van der Waals surface area (Å²) < 4.78 is 43.4. The van der Waals surface area contributed by atoms with Crippen molar-refractivity contribution in [3.8, 4) is 0 Å². The Morgan fingerprint density at radius 3 is 2.65 bits per heavy atom. The van der Waals surface area contributed by atoms with E-state index in [4.69, 9.17) is 4.74 Å². The second kappa shape index (κ2) is 8.38. The summed E-state index contributed by atoms with van der Waals surface area (Å²) in [5.74, 6) is 1.20. The van der Waals surface area contributed by atoms with Crippen LogP contribution in [0.2, 0.25) is 0 Å². The van der Waals surface area contributed by atoms with E-state index in [0.717, 1.165) is 13.0 Å². The smallest absolute Gasteiger partial charge is 0.377 e. The van der Waals surface area contributed by atoms with Crippen molar-refractivity contribution < 1.29 is 17.9 Å². The first kappa shape index (κ1) is 22.0. The Morgan fingerprint density at radius 2 is 2.00 bits per heavy atom. The highest BCUT2D eigenvalue weighted by atomic mass is 127. The molecule has 152 valence electrons. The van der Waals surface area contributed by atoms with E-state index in [1.54, 1.807) is 0 Å². The second-order valence-corrected chi connectivity index (χ2v) is 7.99. The fourth-order valence-corrected chi connectivity index (χ4v) is 4.60. The molecule has 0 bridgehead atoms. The molecule has 9 heteroatoms. The Morgan fingerprint density at radius 1 is 1.27 bits per heavy atom. The monoisotopic (exact) mass is 490 g/mol. The molecular weight excluding hydrogens is 460 g/mol. The van der Waals surface area contributed by atoms with Crippen molar-refractivity contribution in [1.29, 1.82) is 0 Å². The molecule has 2 N–H and O–H groups in total. The van der Waals surface area contributed by atoms with Gasteiger partial charge in [-0.2, -0.15) is 13.2 Å². The standard InChI is InChI=1S/C17H29F3N4O.HI/c1-4-21-15(22-11-5-7-24(9-11)10-17(18,19)20)23-13-12-6-8-25-14(12)16(13,2)3;/h11-14H,4-10H2,1-3H3,(H2,21,22,23);1H. The highest BCUT2D eigenvalue weighted by Crippen LogP contribution is 2.52. The summed E-state index contributed by atoms with van der Waals surface area (Å²) in [6.07, 6.45) is -2.10. The molecule has 2 aliphatic heterocycles. The van der Waals surface area contributed by atoms with Crippen LogP contribution in [-0.4, -0.2) is 68.0 Å². The molecule has 0 aromatic rings. The number of guanidine groups is 1. The van der Waals surface area contributed by atoms with Crippen LogP contribution < -0.4 is 10.6 Å². The number of likely N-dealkylation sites (tertiary alicyclic amines) is 1. The number of hydrogen-bond donors (Lipinski definition) is 2. The van der Waals surface area contributed by atoms with Crippen molar-refractivity contribution in [2.45, 2.75) is 58.0 Å². The molecule has 0 spiro atoms. The van der Waals surface area contributed by atoms with Crippen molar-refractivity contribution >= 4 is 29.9 Å². The van der Waals surface area contributed by atoms with Gasteiger partial charge in [-0.15, -0.1) is 24.0 Å². The summed E-state index contributed by atoms with van der Waals surface area (Å²) in [6.45, 7) is 7.81. The van der Waals surface area contributed by atoms with Gasteiger partial charge in [0.1, 0.15) is 0 Å². The maximum atomic E-state index is 12.5. The molecule has 1 saturated carbocycles. The minimum absolute atomic E-state index is 0. The quantitative estimate of drug-likeness (QED) is 0.362. The van der Waals surface area contributed by atoms with Crippen LogP contribution in [0.25, 0.3) is 0 Å². The third-order valence-corrected chi connectivity index (χ3v) is 5.73. The van der Waals surface area contributed by atoms with Gasteiger partial charge in [0.2, 0.25) is 0 Å². The van der Waals surface area contributed by atoms with Crippen LogP contribution in [0.4, 0.5) is 13.2 Å². The highest BCUT2D eigenvalue weighted by Gasteiger charge is 2.59. The fraction of sp³-hybridized carbons (Fsp3) is 0.941.